The summed E-state index contributed by atoms with van der Waals surface area (Å²) >= 11 is 0. The van der Waals surface area contributed by atoms with Crippen LogP contribution in [0.5, 0.6) is 5.75 Å². The van der Waals surface area contributed by atoms with Gasteiger partial charge in [0.1, 0.15) is 5.75 Å². The lowest BCUT2D eigenvalue weighted by Crippen LogP contribution is -2.33. The van der Waals surface area contributed by atoms with E-state index in [9.17, 15) is 4.79 Å². The third-order valence-corrected chi connectivity index (χ3v) is 3.20. The minimum absolute atomic E-state index is 0.0354. The molecule has 0 aromatic heterocycles. The molecule has 0 bridgehead atoms. The van der Waals surface area contributed by atoms with E-state index in [1.807, 2.05) is 31.3 Å². The van der Waals surface area contributed by atoms with Crippen molar-refractivity contribution in [3.63, 3.8) is 0 Å². The van der Waals surface area contributed by atoms with Gasteiger partial charge in [-0.05, 0) is 24.7 Å². The molecule has 5 nitrogen and oxygen atoms in total. The number of methoxy groups -OCH3 is 1. The molecule has 1 aromatic carbocycles. The molecule has 0 fully saturated rings. The Kier molecular flexibility index (Phi) is 6.32. The highest BCUT2D eigenvalue weighted by molar-refractivity contribution is 5.75. The van der Waals surface area contributed by atoms with Crippen molar-refractivity contribution in [1.82, 2.24) is 10.2 Å². The number of nitrogens with one attached hydrogen (secondary N) is 1. The normalized spacial score (nSPS) is 12.3. The van der Waals surface area contributed by atoms with Gasteiger partial charge in [0.2, 0.25) is 5.91 Å². The van der Waals surface area contributed by atoms with Crippen molar-refractivity contribution < 1.29 is 9.53 Å². The third-order valence-electron chi connectivity index (χ3n) is 3.20. The molecule has 0 radical (unpaired) electrons. The fraction of sp³-hybridized carbons (Fsp3) is 0.500. The van der Waals surface area contributed by atoms with Crippen LogP contribution >= 0.6 is 0 Å². The van der Waals surface area contributed by atoms with E-state index in [1.54, 1.807) is 14.2 Å². The summed E-state index contributed by atoms with van der Waals surface area (Å²) in [5, 5.41) is 2.62. The molecule has 0 saturated heterocycles. The molecular formula is C14H23N3O2. The number of carbonyl (C=O) groups excluding carboxylic acids is 1. The molecule has 0 saturated carbocycles. The number of hydrogen-bond donors (Lipinski definition) is 2. The van der Waals surface area contributed by atoms with Gasteiger partial charge < -0.3 is 15.8 Å². The molecule has 0 aliphatic carbocycles. The number of nitrogens with two attached hydrogens (primary N) is 1. The van der Waals surface area contributed by atoms with Crippen LogP contribution in [0.25, 0.3) is 0 Å². The SMILES string of the molecule is CNC(=O)CCN(C)C(CN)c1cccc(OC)c1. The zero-order chi connectivity index (χ0) is 14.3. The van der Waals surface area contributed by atoms with E-state index in [-0.39, 0.29) is 11.9 Å². The van der Waals surface area contributed by atoms with Crippen molar-refractivity contribution >= 4 is 5.91 Å². The first-order valence-electron chi connectivity index (χ1n) is 6.37. The van der Waals surface area contributed by atoms with Gasteiger partial charge in [-0.15, -0.1) is 0 Å². The van der Waals surface area contributed by atoms with E-state index in [1.165, 1.54) is 0 Å². The van der Waals surface area contributed by atoms with Gasteiger partial charge in [-0.3, -0.25) is 9.69 Å². The van der Waals surface area contributed by atoms with Gasteiger partial charge in [-0.1, -0.05) is 12.1 Å². The standard InChI is InChI=1S/C14H23N3O2/c1-16-14(18)7-8-17(2)13(10-15)11-5-4-6-12(9-11)19-3/h4-6,9,13H,7-8,10,15H2,1-3H3,(H,16,18). The minimum atomic E-state index is 0.0354. The Balaban J connectivity index is 2.72. The molecular weight excluding hydrogens is 242 g/mol. The fourth-order valence-electron chi connectivity index (χ4n) is 1.98. The summed E-state index contributed by atoms with van der Waals surface area (Å²) in [5.74, 6) is 0.851. The second-order valence-electron chi connectivity index (χ2n) is 4.43. The monoisotopic (exact) mass is 265 g/mol. The van der Waals surface area contributed by atoms with Crippen molar-refractivity contribution in [2.24, 2.45) is 5.73 Å². The molecule has 3 N–H and O–H groups in total. The average Bonchev–Trinajstić information content (AvgIpc) is 2.45. The quantitative estimate of drug-likeness (QED) is 0.764. The van der Waals surface area contributed by atoms with Crippen LogP contribution in [0.3, 0.4) is 0 Å². The molecule has 1 amide bonds. The number of likely N-dealkylation sites (N-methyl/N-ethyl adjacent to an activating group) is 1. The van der Waals surface area contributed by atoms with Crippen molar-refractivity contribution in [2.75, 3.05) is 34.3 Å². The Morgan fingerprint density at radius 1 is 1.53 bits per heavy atom. The number of benzene rings is 1. The van der Waals surface area contributed by atoms with E-state index in [4.69, 9.17) is 10.5 Å². The average molecular weight is 265 g/mol. The van der Waals surface area contributed by atoms with E-state index in [2.05, 4.69) is 10.2 Å². The Hall–Kier alpha value is -1.59. The predicted molar refractivity (Wildman–Crippen MR) is 76.1 cm³/mol. The lowest BCUT2D eigenvalue weighted by Gasteiger charge is -2.27. The van der Waals surface area contributed by atoms with Crippen LogP contribution < -0.4 is 15.8 Å². The smallest absolute Gasteiger partial charge is 0.221 e. The Bertz CT molecular complexity index is 409. The zero-order valence-corrected chi connectivity index (χ0v) is 11.8. The van der Waals surface area contributed by atoms with Crippen LogP contribution in [0.2, 0.25) is 0 Å². The Morgan fingerprint density at radius 2 is 2.26 bits per heavy atom. The van der Waals surface area contributed by atoms with Gasteiger partial charge in [-0.25, -0.2) is 0 Å². The predicted octanol–water partition coefficient (Wildman–Crippen LogP) is 0.763. The largest absolute Gasteiger partial charge is 0.497 e. The first kappa shape index (κ1) is 15.5. The van der Waals surface area contributed by atoms with E-state index in [0.29, 0.717) is 19.5 Å². The van der Waals surface area contributed by atoms with Gasteiger partial charge in [0, 0.05) is 32.6 Å². The first-order chi connectivity index (χ1) is 9.12. The summed E-state index contributed by atoms with van der Waals surface area (Å²) in [5.41, 5.74) is 6.95. The molecule has 0 spiro atoms. The Labute approximate surface area is 114 Å². The lowest BCUT2D eigenvalue weighted by molar-refractivity contribution is -0.120. The van der Waals surface area contributed by atoms with Crippen molar-refractivity contribution in [2.45, 2.75) is 12.5 Å². The lowest BCUT2D eigenvalue weighted by atomic mass is 10.1. The van der Waals surface area contributed by atoms with Crippen molar-refractivity contribution in [3.05, 3.63) is 29.8 Å². The summed E-state index contributed by atoms with van der Waals surface area (Å²) < 4.78 is 5.22. The summed E-state index contributed by atoms with van der Waals surface area (Å²) in [6.07, 6.45) is 0.466. The molecule has 0 aliphatic rings. The molecule has 5 heteroatoms. The number of rotatable bonds is 7. The van der Waals surface area contributed by atoms with E-state index < -0.39 is 0 Å². The number of amides is 1. The highest BCUT2D eigenvalue weighted by Crippen LogP contribution is 2.22. The zero-order valence-electron chi connectivity index (χ0n) is 11.8. The molecule has 0 aliphatic heterocycles. The van der Waals surface area contributed by atoms with Crippen LogP contribution in [0.4, 0.5) is 0 Å². The van der Waals surface area contributed by atoms with E-state index >= 15 is 0 Å². The molecule has 0 heterocycles. The van der Waals surface area contributed by atoms with Crippen LogP contribution in [0.15, 0.2) is 24.3 Å². The molecule has 1 unspecified atom stereocenters. The second-order valence-corrected chi connectivity index (χ2v) is 4.43. The van der Waals surface area contributed by atoms with Crippen molar-refractivity contribution in [1.29, 1.82) is 0 Å². The molecule has 1 aromatic rings. The topological polar surface area (TPSA) is 67.6 Å². The van der Waals surface area contributed by atoms with Gasteiger partial charge in [0.15, 0.2) is 0 Å². The molecule has 1 atom stereocenters. The summed E-state index contributed by atoms with van der Waals surface area (Å²) in [6, 6.07) is 7.94. The maximum absolute atomic E-state index is 11.3. The second kappa shape index (κ2) is 7.76. The summed E-state index contributed by atoms with van der Waals surface area (Å²) in [6.45, 7) is 1.16. The van der Waals surface area contributed by atoms with Crippen LogP contribution in [0.1, 0.15) is 18.0 Å². The van der Waals surface area contributed by atoms with Gasteiger partial charge in [0.25, 0.3) is 0 Å². The minimum Gasteiger partial charge on any atom is -0.497 e. The highest BCUT2D eigenvalue weighted by atomic mass is 16.5. The van der Waals surface area contributed by atoms with Crippen molar-refractivity contribution in [3.8, 4) is 5.75 Å². The highest BCUT2D eigenvalue weighted by Gasteiger charge is 2.16. The van der Waals surface area contributed by atoms with E-state index in [0.717, 1.165) is 11.3 Å². The van der Waals surface area contributed by atoms with Gasteiger partial charge in [-0.2, -0.15) is 0 Å². The fourth-order valence-corrected chi connectivity index (χ4v) is 1.98. The summed E-state index contributed by atoms with van der Waals surface area (Å²) in [4.78, 5) is 13.4. The Morgan fingerprint density at radius 3 is 2.84 bits per heavy atom. The summed E-state index contributed by atoms with van der Waals surface area (Å²) in [7, 11) is 5.26. The molecule has 19 heavy (non-hydrogen) atoms. The number of ether oxygens (including phenoxy) is 1. The first-order valence-corrected chi connectivity index (χ1v) is 6.37. The van der Waals surface area contributed by atoms with Crippen LogP contribution in [0, 0.1) is 0 Å². The van der Waals surface area contributed by atoms with Gasteiger partial charge >= 0.3 is 0 Å². The number of hydrogen-bond acceptors (Lipinski definition) is 4. The van der Waals surface area contributed by atoms with Gasteiger partial charge in [0.05, 0.1) is 7.11 Å². The molecule has 106 valence electrons. The van der Waals surface area contributed by atoms with Crippen LogP contribution in [-0.2, 0) is 4.79 Å². The maximum atomic E-state index is 11.3. The maximum Gasteiger partial charge on any atom is 0.221 e. The number of carbonyl (C=O) groups is 1. The number of nitrogens with zero attached hydrogens (tertiary/aromatic N) is 1. The van der Waals surface area contributed by atoms with Crippen LogP contribution in [-0.4, -0.2) is 45.1 Å². The third kappa shape index (κ3) is 4.54. The molecule has 1 rings (SSSR count).